The van der Waals surface area contributed by atoms with Crippen molar-refractivity contribution in [2.75, 3.05) is 18.4 Å². The quantitative estimate of drug-likeness (QED) is 0.446. The number of aliphatic hydroxyl groups is 1. The van der Waals surface area contributed by atoms with Gasteiger partial charge in [-0.2, -0.15) is 22.7 Å². The molecule has 2 heterocycles. The van der Waals surface area contributed by atoms with E-state index < -0.39 is 44.8 Å². The van der Waals surface area contributed by atoms with Crippen LogP contribution in [-0.4, -0.2) is 47.6 Å². The SMILES string of the molecule is Cc1oncc1S(=O)(=O)N1CCC(C(O)(Cc2ccccc2)C(=O)Nc2ccc(C#N)c(C(F)(F)F)c2)CC1. The number of halogens is 3. The van der Waals surface area contributed by atoms with Gasteiger partial charge < -0.3 is 14.9 Å². The van der Waals surface area contributed by atoms with Crippen LogP contribution in [-0.2, 0) is 27.4 Å². The largest absolute Gasteiger partial charge is 0.417 e. The van der Waals surface area contributed by atoms with E-state index in [-0.39, 0.29) is 48.7 Å². The Morgan fingerprint density at radius 3 is 2.44 bits per heavy atom. The molecule has 1 amide bonds. The molecule has 0 radical (unpaired) electrons. The molecule has 13 heteroatoms. The van der Waals surface area contributed by atoms with Gasteiger partial charge in [0.25, 0.3) is 5.91 Å². The van der Waals surface area contributed by atoms with Crippen molar-refractivity contribution < 1.29 is 36.0 Å². The first-order chi connectivity index (χ1) is 18.4. The molecule has 0 spiro atoms. The number of nitrogens with zero attached hydrogens (tertiary/aromatic N) is 3. The standard InChI is InChI=1S/C26H25F3N4O5S/c1-17-23(16-31-38-17)39(36,37)33-11-9-20(10-12-33)25(35,14-18-5-3-2-4-6-18)24(34)32-21-8-7-19(15-30)22(13-21)26(27,28)29/h2-8,13,16,20,35H,9-12,14H2,1H3,(H,32,34). The van der Waals surface area contributed by atoms with E-state index in [9.17, 15) is 31.5 Å². The molecule has 2 aromatic carbocycles. The maximum absolute atomic E-state index is 13.5. The van der Waals surface area contributed by atoms with Gasteiger partial charge in [-0.15, -0.1) is 0 Å². The summed E-state index contributed by atoms with van der Waals surface area (Å²) in [7, 11) is -3.91. The summed E-state index contributed by atoms with van der Waals surface area (Å²) in [4.78, 5) is 13.4. The second-order valence-electron chi connectivity index (χ2n) is 9.34. The lowest BCUT2D eigenvalue weighted by molar-refractivity contribution is -0.142. The summed E-state index contributed by atoms with van der Waals surface area (Å²) in [5.41, 5.74) is -3.51. The first kappa shape index (κ1) is 28.3. The van der Waals surface area contributed by atoms with E-state index >= 15 is 0 Å². The molecule has 39 heavy (non-hydrogen) atoms. The molecule has 1 fully saturated rings. The first-order valence-corrected chi connectivity index (χ1v) is 13.4. The van der Waals surface area contributed by atoms with Gasteiger partial charge in [-0.1, -0.05) is 35.5 Å². The van der Waals surface area contributed by atoms with Gasteiger partial charge in [-0.25, -0.2) is 8.42 Å². The minimum atomic E-state index is -4.83. The summed E-state index contributed by atoms with van der Waals surface area (Å²) in [5, 5.41) is 26.7. The number of hydrogen-bond acceptors (Lipinski definition) is 7. The average Bonchev–Trinajstić information content (AvgIpc) is 3.35. The minimum Gasteiger partial charge on any atom is -0.379 e. The Bertz CT molecular complexity index is 1490. The Kier molecular flexibility index (Phi) is 7.83. The van der Waals surface area contributed by atoms with Gasteiger partial charge in [0.05, 0.1) is 23.4 Å². The predicted molar refractivity (Wildman–Crippen MR) is 133 cm³/mol. The van der Waals surface area contributed by atoms with E-state index in [4.69, 9.17) is 9.78 Å². The zero-order valence-electron chi connectivity index (χ0n) is 20.8. The lowest BCUT2D eigenvalue weighted by atomic mass is 9.76. The van der Waals surface area contributed by atoms with Crippen molar-refractivity contribution in [2.24, 2.45) is 5.92 Å². The Morgan fingerprint density at radius 1 is 1.21 bits per heavy atom. The number of nitrogens with one attached hydrogen (secondary N) is 1. The number of carbonyl (C=O) groups excluding carboxylic acids is 1. The monoisotopic (exact) mass is 562 g/mol. The number of hydrogen-bond donors (Lipinski definition) is 2. The highest BCUT2D eigenvalue weighted by Gasteiger charge is 2.47. The van der Waals surface area contributed by atoms with Crippen molar-refractivity contribution in [2.45, 2.75) is 42.9 Å². The highest BCUT2D eigenvalue weighted by molar-refractivity contribution is 7.89. The number of rotatable bonds is 7. The molecule has 0 saturated carbocycles. The molecule has 9 nitrogen and oxygen atoms in total. The summed E-state index contributed by atoms with van der Waals surface area (Å²) in [6.45, 7) is 1.47. The number of piperidine rings is 1. The number of sulfonamides is 1. The fourth-order valence-electron chi connectivity index (χ4n) is 4.76. The van der Waals surface area contributed by atoms with Crippen molar-refractivity contribution >= 4 is 21.6 Å². The van der Waals surface area contributed by atoms with Crippen LogP contribution in [0.5, 0.6) is 0 Å². The molecule has 3 aromatic rings. The third kappa shape index (κ3) is 5.83. The molecule has 1 aromatic heterocycles. The zero-order chi connectivity index (χ0) is 28.4. The first-order valence-electron chi connectivity index (χ1n) is 12.0. The van der Waals surface area contributed by atoms with Crippen molar-refractivity contribution in [3.63, 3.8) is 0 Å². The summed E-state index contributed by atoms with van der Waals surface area (Å²) >= 11 is 0. The van der Waals surface area contributed by atoms with Gasteiger partial charge >= 0.3 is 6.18 Å². The predicted octanol–water partition coefficient (Wildman–Crippen LogP) is 3.89. The van der Waals surface area contributed by atoms with Crippen molar-refractivity contribution in [1.82, 2.24) is 9.46 Å². The van der Waals surface area contributed by atoms with Crippen LogP contribution in [0.15, 0.2) is 64.1 Å². The number of aromatic nitrogens is 1. The lowest BCUT2D eigenvalue weighted by Gasteiger charge is -2.40. The van der Waals surface area contributed by atoms with Crippen LogP contribution in [0, 0.1) is 24.2 Å². The molecule has 2 N–H and O–H groups in total. The zero-order valence-corrected chi connectivity index (χ0v) is 21.6. The van der Waals surface area contributed by atoms with Gasteiger partial charge in [0.1, 0.15) is 10.5 Å². The average molecular weight is 563 g/mol. The molecule has 0 bridgehead atoms. The summed E-state index contributed by atoms with van der Waals surface area (Å²) in [6.07, 6.45) is -3.64. The molecule has 1 saturated heterocycles. The Balaban J connectivity index is 1.60. The van der Waals surface area contributed by atoms with Crippen molar-refractivity contribution in [1.29, 1.82) is 5.26 Å². The maximum Gasteiger partial charge on any atom is 0.417 e. The van der Waals surface area contributed by atoms with Gasteiger partial charge in [-0.3, -0.25) is 4.79 Å². The second kappa shape index (κ2) is 10.8. The second-order valence-corrected chi connectivity index (χ2v) is 11.2. The number of nitriles is 1. The topological polar surface area (TPSA) is 137 Å². The summed E-state index contributed by atoms with van der Waals surface area (Å²) in [5.74, 6) is -1.51. The van der Waals surface area contributed by atoms with Crippen LogP contribution in [0.1, 0.15) is 35.3 Å². The van der Waals surface area contributed by atoms with E-state index in [1.165, 1.54) is 17.3 Å². The number of benzene rings is 2. The van der Waals surface area contributed by atoms with Crippen LogP contribution < -0.4 is 5.32 Å². The van der Waals surface area contributed by atoms with E-state index in [1.54, 1.807) is 30.3 Å². The molecule has 4 rings (SSSR count). The molecule has 1 atom stereocenters. The lowest BCUT2D eigenvalue weighted by Crippen LogP contribution is -2.54. The molecule has 1 aliphatic heterocycles. The maximum atomic E-state index is 13.5. The van der Waals surface area contributed by atoms with Gasteiger partial charge in [-0.05, 0) is 49.4 Å². The van der Waals surface area contributed by atoms with Crippen LogP contribution in [0.3, 0.4) is 0 Å². The van der Waals surface area contributed by atoms with Gasteiger partial charge in [0.2, 0.25) is 10.0 Å². The van der Waals surface area contributed by atoms with Crippen molar-refractivity contribution in [3.8, 4) is 6.07 Å². The summed E-state index contributed by atoms with van der Waals surface area (Å²) in [6, 6.07) is 12.8. The van der Waals surface area contributed by atoms with E-state index in [2.05, 4.69) is 10.5 Å². The van der Waals surface area contributed by atoms with Crippen molar-refractivity contribution in [3.05, 3.63) is 77.2 Å². The Hall–Kier alpha value is -3.73. The fraction of sp³-hybridized carbons (Fsp3) is 0.346. The van der Waals surface area contributed by atoms with Crippen LogP contribution in [0.2, 0.25) is 0 Å². The smallest absolute Gasteiger partial charge is 0.379 e. The number of amides is 1. The van der Waals surface area contributed by atoms with Crippen LogP contribution in [0.25, 0.3) is 0 Å². The molecule has 0 aliphatic carbocycles. The highest BCUT2D eigenvalue weighted by Crippen LogP contribution is 2.37. The minimum absolute atomic E-state index is 0.00289. The van der Waals surface area contributed by atoms with E-state index in [1.807, 2.05) is 0 Å². The molecule has 1 unspecified atom stereocenters. The van der Waals surface area contributed by atoms with Gasteiger partial charge in [0, 0.05) is 25.2 Å². The third-order valence-electron chi connectivity index (χ3n) is 6.87. The Morgan fingerprint density at radius 2 is 1.87 bits per heavy atom. The van der Waals surface area contributed by atoms with Crippen LogP contribution in [0.4, 0.5) is 18.9 Å². The number of alkyl halides is 3. The van der Waals surface area contributed by atoms with E-state index in [0.717, 1.165) is 18.3 Å². The Labute approximate surface area is 222 Å². The molecular weight excluding hydrogens is 537 g/mol. The normalized spacial score (nSPS) is 16.8. The molecular formula is C26H25F3N4O5S. The number of anilines is 1. The summed E-state index contributed by atoms with van der Waals surface area (Å²) < 4.78 is 72.5. The molecule has 1 aliphatic rings. The molecule has 206 valence electrons. The van der Waals surface area contributed by atoms with E-state index in [0.29, 0.717) is 11.6 Å². The number of aryl methyl sites for hydroxylation is 1. The van der Waals surface area contributed by atoms with Crippen LogP contribution >= 0.6 is 0 Å². The van der Waals surface area contributed by atoms with Gasteiger partial charge in [0.15, 0.2) is 5.76 Å². The number of carbonyl (C=O) groups is 1. The third-order valence-corrected chi connectivity index (χ3v) is 8.86. The fourth-order valence-corrected chi connectivity index (χ4v) is 6.31. The highest BCUT2D eigenvalue weighted by atomic mass is 32.2.